The highest BCUT2D eigenvalue weighted by molar-refractivity contribution is 5.75. The normalized spacial score (nSPS) is 11.1. The fourth-order valence-corrected chi connectivity index (χ4v) is 2.56. The van der Waals surface area contributed by atoms with E-state index in [0.717, 1.165) is 23.4 Å². The summed E-state index contributed by atoms with van der Waals surface area (Å²) in [6.07, 6.45) is 0. The van der Waals surface area contributed by atoms with E-state index in [-0.39, 0.29) is 5.82 Å². The topological polar surface area (TPSA) is 29.9 Å². The van der Waals surface area contributed by atoms with Crippen LogP contribution in [0.25, 0.3) is 11.0 Å². The van der Waals surface area contributed by atoms with Crippen LogP contribution >= 0.6 is 0 Å². The molecule has 21 heavy (non-hydrogen) atoms. The maximum absolute atomic E-state index is 13.6. The number of nitrogens with zero attached hydrogens (tertiary/aromatic N) is 2. The first-order chi connectivity index (χ1) is 10.3. The summed E-state index contributed by atoms with van der Waals surface area (Å²) < 4.78 is 15.8. The molecular formula is C17H18FN3. The molecule has 1 N–H and O–H groups in total. The Bertz CT molecular complexity index is 749. The number of aryl methyl sites for hydroxylation is 1. The molecule has 0 atom stereocenters. The lowest BCUT2D eigenvalue weighted by molar-refractivity contribution is 0.574. The molecule has 0 radical (unpaired) electrons. The van der Waals surface area contributed by atoms with Crippen molar-refractivity contribution in [1.29, 1.82) is 0 Å². The van der Waals surface area contributed by atoms with E-state index < -0.39 is 0 Å². The fraction of sp³-hybridized carbons (Fsp3) is 0.235. The van der Waals surface area contributed by atoms with Gasteiger partial charge >= 0.3 is 0 Å². The van der Waals surface area contributed by atoms with Crippen molar-refractivity contribution in [2.45, 2.75) is 26.6 Å². The van der Waals surface area contributed by atoms with Gasteiger partial charge in [0.15, 0.2) is 0 Å². The molecule has 1 heterocycles. The summed E-state index contributed by atoms with van der Waals surface area (Å²) >= 11 is 0. The van der Waals surface area contributed by atoms with Gasteiger partial charge in [0, 0.05) is 18.7 Å². The smallest absolute Gasteiger partial charge is 0.127 e. The van der Waals surface area contributed by atoms with E-state index in [9.17, 15) is 4.39 Å². The number of halogens is 1. The van der Waals surface area contributed by atoms with Gasteiger partial charge in [-0.3, -0.25) is 0 Å². The van der Waals surface area contributed by atoms with Crippen LogP contribution in [-0.2, 0) is 19.6 Å². The maximum atomic E-state index is 13.6. The van der Waals surface area contributed by atoms with E-state index in [0.29, 0.717) is 18.7 Å². The largest absolute Gasteiger partial charge is 0.327 e. The first-order valence-corrected chi connectivity index (χ1v) is 7.18. The van der Waals surface area contributed by atoms with Crippen molar-refractivity contribution in [3.05, 3.63) is 65.7 Å². The van der Waals surface area contributed by atoms with Gasteiger partial charge in [-0.05, 0) is 25.1 Å². The van der Waals surface area contributed by atoms with Crippen molar-refractivity contribution >= 4 is 11.0 Å². The van der Waals surface area contributed by atoms with Crippen LogP contribution in [0, 0.1) is 5.82 Å². The zero-order chi connectivity index (χ0) is 14.7. The number of nitrogens with one attached hydrogen (secondary N) is 1. The second kappa shape index (κ2) is 6.06. The number of aromatic nitrogens is 2. The minimum Gasteiger partial charge on any atom is -0.327 e. The predicted molar refractivity (Wildman–Crippen MR) is 82.4 cm³/mol. The van der Waals surface area contributed by atoms with E-state index >= 15 is 0 Å². The van der Waals surface area contributed by atoms with Crippen LogP contribution in [0.2, 0.25) is 0 Å². The molecule has 0 amide bonds. The van der Waals surface area contributed by atoms with Gasteiger partial charge in [-0.2, -0.15) is 0 Å². The Balaban J connectivity index is 1.75. The molecule has 108 valence electrons. The van der Waals surface area contributed by atoms with Gasteiger partial charge in [0.2, 0.25) is 0 Å². The van der Waals surface area contributed by atoms with E-state index in [1.54, 1.807) is 12.1 Å². The SMILES string of the molecule is CCn1c(CNCc2ccccc2F)nc2ccccc21. The number of benzene rings is 2. The summed E-state index contributed by atoms with van der Waals surface area (Å²) in [4.78, 5) is 4.64. The summed E-state index contributed by atoms with van der Waals surface area (Å²) in [5, 5.41) is 3.27. The highest BCUT2D eigenvalue weighted by atomic mass is 19.1. The third-order valence-corrected chi connectivity index (χ3v) is 3.61. The first kappa shape index (κ1) is 13.8. The van der Waals surface area contributed by atoms with Crippen molar-refractivity contribution in [3.63, 3.8) is 0 Å². The summed E-state index contributed by atoms with van der Waals surface area (Å²) in [5.74, 6) is 0.809. The predicted octanol–water partition coefficient (Wildman–Crippen LogP) is 3.49. The fourth-order valence-electron chi connectivity index (χ4n) is 2.56. The molecular weight excluding hydrogens is 265 g/mol. The van der Waals surface area contributed by atoms with Crippen molar-refractivity contribution in [3.8, 4) is 0 Å². The van der Waals surface area contributed by atoms with Gasteiger partial charge in [-0.25, -0.2) is 9.37 Å². The van der Waals surface area contributed by atoms with Crippen LogP contribution in [-0.4, -0.2) is 9.55 Å². The Kier molecular flexibility index (Phi) is 3.97. The quantitative estimate of drug-likeness (QED) is 0.777. The second-order valence-electron chi connectivity index (χ2n) is 4.96. The Labute approximate surface area is 123 Å². The molecule has 0 saturated heterocycles. The van der Waals surface area contributed by atoms with Crippen molar-refractivity contribution in [2.75, 3.05) is 0 Å². The van der Waals surface area contributed by atoms with E-state index in [2.05, 4.69) is 27.9 Å². The molecule has 3 nitrogen and oxygen atoms in total. The van der Waals surface area contributed by atoms with Crippen molar-refractivity contribution in [2.24, 2.45) is 0 Å². The minimum atomic E-state index is -0.172. The van der Waals surface area contributed by atoms with Gasteiger partial charge in [-0.1, -0.05) is 30.3 Å². The average molecular weight is 283 g/mol. The Hall–Kier alpha value is -2.20. The summed E-state index contributed by atoms with van der Waals surface area (Å²) in [7, 11) is 0. The number of imidazole rings is 1. The van der Waals surface area contributed by atoms with Crippen molar-refractivity contribution < 1.29 is 4.39 Å². The zero-order valence-electron chi connectivity index (χ0n) is 12.0. The molecule has 3 aromatic rings. The monoisotopic (exact) mass is 283 g/mol. The number of rotatable bonds is 5. The Morgan fingerprint density at radius 1 is 1.05 bits per heavy atom. The van der Waals surface area contributed by atoms with E-state index in [4.69, 9.17) is 0 Å². The summed E-state index contributed by atoms with van der Waals surface area (Å²) in [6.45, 7) is 4.10. The van der Waals surface area contributed by atoms with Crippen LogP contribution in [0.4, 0.5) is 4.39 Å². The number of hydrogen-bond donors (Lipinski definition) is 1. The lowest BCUT2D eigenvalue weighted by Crippen LogP contribution is -2.17. The van der Waals surface area contributed by atoms with Crippen LogP contribution in [0.15, 0.2) is 48.5 Å². The first-order valence-electron chi connectivity index (χ1n) is 7.18. The third-order valence-electron chi connectivity index (χ3n) is 3.61. The summed E-state index contributed by atoms with van der Waals surface area (Å²) in [6, 6.07) is 14.9. The third kappa shape index (κ3) is 2.81. The number of hydrogen-bond acceptors (Lipinski definition) is 2. The standard InChI is InChI=1S/C17H18FN3/c1-2-21-16-10-6-5-9-15(16)20-17(21)12-19-11-13-7-3-4-8-14(13)18/h3-10,19H,2,11-12H2,1H3. The molecule has 0 aliphatic rings. The van der Waals surface area contributed by atoms with Crippen LogP contribution < -0.4 is 5.32 Å². The van der Waals surface area contributed by atoms with Crippen LogP contribution in [0.3, 0.4) is 0 Å². The van der Waals surface area contributed by atoms with Gasteiger partial charge in [-0.15, -0.1) is 0 Å². The van der Waals surface area contributed by atoms with Gasteiger partial charge < -0.3 is 9.88 Å². The minimum absolute atomic E-state index is 0.172. The Morgan fingerprint density at radius 2 is 1.81 bits per heavy atom. The molecule has 2 aromatic carbocycles. The molecule has 0 fully saturated rings. The highest BCUT2D eigenvalue weighted by Gasteiger charge is 2.08. The molecule has 3 rings (SSSR count). The molecule has 0 bridgehead atoms. The average Bonchev–Trinajstić information content (AvgIpc) is 2.86. The lowest BCUT2D eigenvalue weighted by Gasteiger charge is -2.08. The number of fused-ring (bicyclic) bond motifs is 1. The van der Waals surface area contributed by atoms with E-state index in [1.807, 2.05) is 24.3 Å². The van der Waals surface area contributed by atoms with Crippen LogP contribution in [0.1, 0.15) is 18.3 Å². The van der Waals surface area contributed by atoms with Gasteiger partial charge in [0.05, 0.1) is 17.6 Å². The van der Waals surface area contributed by atoms with Gasteiger partial charge in [0.25, 0.3) is 0 Å². The molecule has 0 spiro atoms. The summed E-state index contributed by atoms with van der Waals surface area (Å²) in [5.41, 5.74) is 2.82. The zero-order valence-corrected chi connectivity index (χ0v) is 12.0. The molecule has 0 unspecified atom stereocenters. The molecule has 0 saturated carbocycles. The lowest BCUT2D eigenvalue weighted by atomic mass is 10.2. The van der Waals surface area contributed by atoms with Gasteiger partial charge in [0.1, 0.15) is 11.6 Å². The highest BCUT2D eigenvalue weighted by Crippen LogP contribution is 2.16. The maximum Gasteiger partial charge on any atom is 0.127 e. The molecule has 0 aliphatic carbocycles. The number of para-hydroxylation sites is 2. The van der Waals surface area contributed by atoms with Crippen LogP contribution in [0.5, 0.6) is 0 Å². The Morgan fingerprint density at radius 3 is 2.62 bits per heavy atom. The molecule has 1 aromatic heterocycles. The van der Waals surface area contributed by atoms with E-state index in [1.165, 1.54) is 6.07 Å². The van der Waals surface area contributed by atoms with Crippen molar-refractivity contribution in [1.82, 2.24) is 14.9 Å². The molecule has 0 aliphatic heterocycles. The molecule has 4 heteroatoms. The second-order valence-corrected chi connectivity index (χ2v) is 4.96.